The van der Waals surface area contributed by atoms with Crippen LogP contribution in [0.2, 0.25) is 0 Å². The molecule has 3 N–H and O–H groups in total. The molecule has 7 heteroatoms. The van der Waals surface area contributed by atoms with Gasteiger partial charge in [0.1, 0.15) is 10.6 Å². The normalized spacial score (nSPS) is 11.9. The van der Waals surface area contributed by atoms with Gasteiger partial charge in [0.25, 0.3) is 0 Å². The molecule has 0 aliphatic rings. The Hall–Kier alpha value is -2.15. The van der Waals surface area contributed by atoms with Gasteiger partial charge in [0, 0.05) is 12.4 Å². The number of nitrogen functional groups attached to an aromatic ring is 1. The molecule has 0 spiro atoms. The van der Waals surface area contributed by atoms with E-state index in [1.807, 2.05) is 19.1 Å². The van der Waals surface area contributed by atoms with E-state index in [0.717, 1.165) is 17.1 Å². The molecule has 20 heavy (non-hydrogen) atoms. The van der Waals surface area contributed by atoms with Gasteiger partial charge >= 0.3 is 5.97 Å². The molecule has 106 valence electrons. The Morgan fingerprint density at radius 2 is 2.40 bits per heavy atom. The number of carbonyl (C=O) groups excluding carboxylic acids is 1. The molecule has 0 saturated carbocycles. The molecule has 0 aliphatic carbocycles. The van der Waals surface area contributed by atoms with Crippen LogP contribution in [0.25, 0.3) is 0 Å². The number of nitrogens with zero attached hydrogens (tertiary/aromatic N) is 2. The van der Waals surface area contributed by atoms with Crippen LogP contribution in [0.5, 0.6) is 0 Å². The summed E-state index contributed by atoms with van der Waals surface area (Å²) in [5.41, 5.74) is 7.04. The first-order valence-corrected chi connectivity index (χ1v) is 6.99. The summed E-state index contributed by atoms with van der Waals surface area (Å²) in [5.74, 6) is -0.269. The average Bonchev–Trinajstić information content (AvgIpc) is 2.81. The predicted molar refractivity (Wildman–Crippen MR) is 78.8 cm³/mol. The summed E-state index contributed by atoms with van der Waals surface area (Å²) in [4.78, 5) is 15.9. The van der Waals surface area contributed by atoms with Crippen LogP contribution < -0.4 is 11.1 Å². The Kier molecular flexibility index (Phi) is 4.52. The summed E-state index contributed by atoms with van der Waals surface area (Å²) in [6.45, 7) is 4.02. The molecule has 2 heterocycles. The fourth-order valence-electron chi connectivity index (χ4n) is 1.71. The predicted octanol–water partition coefficient (Wildman–Crippen LogP) is 2.47. The third-order valence-electron chi connectivity index (χ3n) is 2.73. The first-order valence-electron chi connectivity index (χ1n) is 6.22. The van der Waals surface area contributed by atoms with Gasteiger partial charge in [0.05, 0.1) is 12.6 Å². The molecule has 2 rings (SSSR count). The lowest BCUT2D eigenvalue weighted by Gasteiger charge is -2.14. The molecule has 0 fully saturated rings. The minimum Gasteiger partial charge on any atom is -0.462 e. The lowest BCUT2D eigenvalue weighted by molar-refractivity contribution is 0.0529. The van der Waals surface area contributed by atoms with Crippen LogP contribution in [0.4, 0.5) is 10.8 Å². The van der Waals surface area contributed by atoms with Crippen LogP contribution in [0.1, 0.15) is 35.8 Å². The van der Waals surface area contributed by atoms with Crippen molar-refractivity contribution in [2.75, 3.05) is 17.7 Å². The number of pyridine rings is 1. The van der Waals surface area contributed by atoms with Crippen molar-refractivity contribution in [3.8, 4) is 0 Å². The number of esters is 1. The number of carbonyl (C=O) groups is 1. The minimum atomic E-state index is -0.459. The highest BCUT2D eigenvalue weighted by molar-refractivity contribution is 7.11. The zero-order chi connectivity index (χ0) is 14.5. The van der Waals surface area contributed by atoms with Gasteiger partial charge in [-0.3, -0.25) is 4.98 Å². The number of aromatic nitrogens is 2. The van der Waals surface area contributed by atoms with E-state index in [4.69, 9.17) is 10.5 Å². The van der Waals surface area contributed by atoms with E-state index >= 15 is 0 Å². The summed E-state index contributed by atoms with van der Waals surface area (Å²) in [6, 6.07) is 3.80. The molecule has 0 amide bonds. The van der Waals surface area contributed by atoms with Crippen molar-refractivity contribution in [2.45, 2.75) is 19.9 Å². The molecule has 2 aromatic heterocycles. The summed E-state index contributed by atoms with van der Waals surface area (Å²) in [6.07, 6.45) is 3.48. The van der Waals surface area contributed by atoms with Gasteiger partial charge in [-0.15, -0.1) is 0 Å². The maximum absolute atomic E-state index is 11.9. The van der Waals surface area contributed by atoms with Gasteiger partial charge in [-0.1, -0.05) is 6.07 Å². The van der Waals surface area contributed by atoms with Crippen molar-refractivity contribution >= 4 is 28.3 Å². The van der Waals surface area contributed by atoms with Gasteiger partial charge in [0.2, 0.25) is 0 Å². The largest absolute Gasteiger partial charge is 0.462 e. The van der Waals surface area contributed by atoms with E-state index in [-0.39, 0.29) is 11.9 Å². The second kappa shape index (κ2) is 6.33. The van der Waals surface area contributed by atoms with E-state index in [0.29, 0.717) is 17.2 Å². The van der Waals surface area contributed by atoms with Gasteiger partial charge in [-0.05, 0) is 37.0 Å². The van der Waals surface area contributed by atoms with Crippen molar-refractivity contribution in [2.24, 2.45) is 0 Å². The van der Waals surface area contributed by atoms with Crippen molar-refractivity contribution in [1.82, 2.24) is 9.36 Å². The Labute approximate surface area is 121 Å². The molecular formula is C13H16N4O2S. The zero-order valence-electron chi connectivity index (χ0n) is 11.3. The number of nitrogens with one attached hydrogen (secondary N) is 1. The molecule has 0 radical (unpaired) electrons. The van der Waals surface area contributed by atoms with Gasteiger partial charge in [0.15, 0.2) is 5.82 Å². The third-order valence-corrected chi connectivity index (χ3v) is 3.52. The molecule has 0 aliphatic heterocycles. The molecule has 0 saturated heterocycles. The number of ether oxygens (including phenoxy) is 1. The number of nitrogens with two attached hydrogens (primary N) is 1. The quantitative estimate of drug-likeness (QED) is 0.823. The highest BCUT2D eigenvalue weighted by Gasteiger charge is 2.21. The summed E-state index contributed by atoms with van der Waals surface area (Å²) >= 11 is 1.15. The molecule has 0 aromatic carbocycles. The second-order valence-electron chi connectivity index (χ2n) is 4.14. The highest BCUT2D eigenvalue weighted by Crippen LogP contribution is 2.30. The monoisotopic (exact) mass is 292 g/mol. The molecule has 1 atom stereocenters. The van der Waals surface area contributed by atoms with E-state index in [2.05, 4.69) is 14.7 Å². The second-order valence-corrected chi connectivity index (χ2v) is 4.92. The lowest BCUT2D eigenvalue weighted by Crippen LogP contribution is -2.12. The first-order chi connectivity index (χ1) is 9.63. The average molecular weight is 292 g/mol. The Bertz CT molecular complexity index is 585. The minimum absolute atomic E-state index is 0.0169. The number of hydrogen-bond donors (Lipinski definition) is 2. The van der Waals surface area contributed by atoms with E-state index in [1.54, 1.807) is 19.3 Å². The smallest absolute Gasteiger partial charge is 0.344 e. The van der Waals surface area contributed by atoms with Crippen LogP contribution in [-0.2, 0) is 4.74 Å². The molecule has 6 nitrogen and oxygen atoms in total. The van der Waals surface area contributed by atoms with Gasteiger partial charge in [-0.25, -0.2) is 4.79 Å². The molecule has 0 bridgehead atoms. The van der Waals surface area contributed by atoms with Crippen molar-refractivity contribution < 1.29 is 9.53 Å². The fraction of sp³-hybridized carbons (Fsp3) is 0.308. The van der Waals surface area contributed by atoms with Gasteiger partial charge < -0.3 is 15.8 Å². The van der Waals surface area contributed by atoms with E-state index < -0.39 is 5.97 Å². The SMILES string of the molecule is CCOC(=O)c1c(N)nsc1NC(C)c1cccnc1. The number of hydrogen-bond acceptors (Lipinski definition) is 7. The maximum Gasteiger partial charge on any atom is 0.344 e. The van der Waals surface area contributed by atoms with E-state index in [1.165, 1.54) is 0 Å². The van der Waals surface area contributed by atoms with Gasteiger partial charge in [-0.2, -0.15) is 4.37 Å². The Morgan fingerprint density at radius 1 is 1.60 bits per heavy atom. The molecule has 2 aromatic rings. The third kappa shape index (κ3) is 3.05. The van der Waals surface area contributed by atoms with Crippen molar-refractivity contribution in [3.05, 3.63) is 35.7 Å². The summed E-state index contributed by atoms with van der Waals surface area (Å²) in [5, 5.41) is 3.83. The Balaban J connectivity index is 2.20. The molecule has 1 unspecified atom stereocenters. The molecular weight excluding hydrogens is 276 g/mol. The van der Waals surface area contributed by atoms with Crippen LogP contribution in [0.15, 0.2) is 24.5 Å². The number of rotatable bonds is 5. The number of anilines is 2. The fourth-order valence-corrected chi connectivity index (χ4v) is 2.50. The van der Waals surface area contributed by atoms with Crippen molar-refractivity contribution in [1.29, 1.82) is 0 Å². The zero-order valence-corrected chi connectivity index (χ0v) is 12.1. The highest BCUT2D eigenvalue weighted by atomic mass is 32.1. The standard InChI is InChI=1S/C13H16N4O2S/c1-3-19-13(18)10-11(14)17-20-12(10)16-8(2)9-5-4-6-15-7-9/h4-8,16H,3H2,1-2H3,(H2,14,17). The first kappa shape index (κ1) is 14.3. The maximum atomic E-state index is 11.9. The topological polar surface area (TPSA) is 90.1 Å². The summed E-state index contributed by atoms with van der Waals surface area (Å²) in [7, 11) is 0. The lowest BCUT2D eigenvalue weighted by atomic mass is 10.1. The van der Waals surface area contributed by atoms with Crippen LogP contribution in [0, 0.1) is 0 Å². The van der Waals surface area contributed by atoms with Crippen LogP contribution in [0.3, 0.4) is 0 Å². The van der Waals surface area contributed by atoms with Crippen LogP contribution in [-0.4, -0.2) is 21.9 Å². The summed E-state index contributed by atoms with van der Waals surface area (Å²) < 4.78 is 9.00. The van der Waals surface area contributed by atoms with Crippen molar-refractivity contribution in [3.63, 3.8) is 0 Å². The van der Waals surface area contributed by atoms with Crippen LogP contribution >= 0.6 is 11.5 Å². The Morgan fingerprint density at radius 3 is 3.05 bits per heavy atom. The van der Waals surface area contributed by atoms with E-state index in [9.17, 15) is 4.79 Å².